The third-order valence-corrected chi connectivity index (χ3v) is 6.32. The number of ether oxygens (including phenoxy) is 4. The van der Waals surface area contributed by atoms with Crippen LogP contribution in [0, 0.1) is 0 Å². The van der Waals surface area contributed by atoms with Crippen LogP contribution in [0.1, 0.15) is 35.2 Å². The molecule has 0 aliphatic carbocycles. The van der Waals surface area contributed by atoms with Gasteiger partial charge in [0.05, 0.1) is 13.7 Å². The number of nitrogens with zero attached hydrogens (tertiary/aromatic N) is 1. The maximum Gasteiger partial charge on any atom is 0.231 e. The lowest BCUT2D eigenvalue weighted by Crippen LogP contribution is -2.41. The number of benzene rings is 2. The van der Waals surface area contributed by atoms with Gasteiger partial charge in [0.15, 0.2) is 23.0 Å². The Morgan fingerprint density at radius 1 is 1.17 bits per heavy atom. The zero-order chi connectivity index (χ0) is 21.0. The summed E-state index contributed by atoms with van der Waals surface area (Å²) in [6, 6.07) is 7.40. The predicted octanol–water partition coefficient (Wildman–Crippen LogP) is 5.60. The predicted molar refractivity (Wildman–Crippen MR) is 118 cm³/mol. The molecule has 0 N–H and O–H groups in total. The van der Waals surface area contributed by atoms with E-state index in [2.05, 4.69) is 17.0 Å². The number of halogens is 3. The van der Waals surface area contributed by atoms with Crippen molar-refractivity contribution in [3.63, 3.8) is 0 Å². The quantitative estimate of drug-likeness (QED) is 0.548. The Labute approximate surface area is 190 Å². The zero-order valence-corrected chi connectivity index (χ0v) is 18.8. The second kappa shape index (κ2) is 7.33. The topological polar surface area (TPSA) is 40.2 Å². The van der Waals surface area contributed by atoms with E-state index in [1.807, 2.05) is 25.1 Å². The number of hydrogen-bond donors (Lipinski definition) is 0. The highest BCUT2D eigenvalue weighted by molar-refractivity contribution is 6.68. The van der Waals surface area contributed by atoms with E-state index < -0.39 is 9.83 Å². The van der Waals surface area contributed by atoms with E-state index in [0.717, 1.165) is 40.3 Å². The second-order valence-corrected chi connectivity index (χ2v) is 9.68. The molecule has 8 heteroatoms. The van der Waals surface area contributed by atoms with Crippen molar-refractivity contribution >= 4 is 46.6 Å². The number of methoxy groups -OCH3 is 1. The molecule has 3 heterocycles. The van der Waals surface area contributed by atoms with E-state index in [1.165, 1.54) is 5.56 Å². The summed E-state index contributed by atoms with van der Waals surface area (Å²) in [6.45, 7) is 3.33. The highest BCUT2D eigenvalue weighted by Crippen LogP contribution is 2.56. The molecule has 0 saturated carbocycles. The lowest BCUT2D eigenvalue weighted by Gasteiger charge is -2.45. The summed E-state index contributed by atoms with van der Waals surface area (Å²) in [5.41, 5.74) is 5.00. The Balaban J connectivity index is 1.75. The molecule has 0 spiro atoms. The zero-order valence-electron chi connectivity index (χ0n) is 16.5. The van der Waals surface area contributed by atoms with E-state index >= 15 is 0 Å². The summed E-state index contributed by atoms with van der Waals surface area (Å²) < 4.78 is 21.1. The molecule has 5 rings (SSSR count). The maximum absolute atomic E-state index is 6.57. The largest absolute Gasteiger partial charge is 0.493 e. The molecule has 0 bridgehead atoms. The fraction of sp³-hybridized carbons (Fsp3) is 0.364. The van der Waals surface area contributed by atoms with E-state index in [0.29, 0.717) is 24.7 Å². The Bertz CT molecular complexity index is 1050. The van der Waals surface area contributed by atoms with Crippen molar-refractivity contribution in [1.82, 2.24) is 4.90 Å². The molecular weight excluding hydrogens is 449 g/mol. The lowest BCUT2D eigenvalue weighted by atomic mass is 9.86. The average molecular weight is 469 g/mol. The maximum atomic E-state index is 6.57. The van der Waals surface area contributed by atoms with E-state index in [-0.39, 0.29) is 6.79 Å². The average Bonchev–Trinajstić information content (AvgIpc) is 3.17. The van der Waals surface area contributed by atoms with Crippen LogP contribution in [-0.4, -0.2) is 35.7 Å². The Hall–Kier alpha value is -1.95. The molecule has 158 valence electrons. The van der Waals surface area contributed by atoms with Crippen molar-refractivity contribution in [1.29, 1.82) is 0 Å². The van der Waals surface area contributed by atoms with Crippen LogP contribution >= 0.6 is 34.8 Å². The van der Waals surface area contributed by atoms with Gasteiger partial charge in [-0.1, -0.05) is 40.9 Å². The van der Waals surface area contributed by atoms with Gasteiger partial charge in [-0.2, -0.15) is 0 Å². The SMILES string of the molecule is CCOc1c(OC)ccc2c1[C@H](C(Cl)(Cl)Cl)N1CCc3cc4c(cc3C1=C2)OCO4. The molecular formula is C22H20Cl3NO4. The van der Waals surface area contributed by atoms with Gasteiger partial charge in [-0.3, -0.25) is 0 Å². The third kappa shape index (κ3) is 3.06. The van der Waals surface area contributed by atoms with Crippen molar-refractivity contribution in [2.45, 2.75) is 23.2 Å². The van der Waals surface area contributed by atoms with E-state index in [1.54, 1.807) is 7.11 Å². The van der Waals surface area contributed by atoms with Gasteiger partial charge in [-0.15, -0.1) is 0 Å². The smallest absolute Gasteiger partial charge is 0.231 e. The molecule has 5 nitrogen and oxygen atoms in total. The van der Waals surface area contributed by atoms with Gasteiger partial charge < -0.3 is 23.8 Å². The fourth-order valence-corrected chi connectivity index (χ4v) is 5.16. The number of hydrogen-bond acceptors (Lipinski definition) is 5. The van der Waals surface area contributed by atoms with Gasteiger partial charge in [0, 0.05) is 23.4 Å². The summed E-state index contributed by atoms with van der Waals surface area (Å²) in [7, 11) is 1.61. The van der Waals surface area contributed by atoms with Crippen molar-refractivity contribution in [2.75, 3.05) is 27.1 Å². The number of fused-ring (bicyclic) bond motifs is 5. The summed E-state index contributed by atoms with van der Waals surface area (Å²) in [5.74, 6) is 2.74. The molecule has 3 aliphatic rings. The number of rotatable bonds is 3. The number of alkyl halides is 3. The Morgan fingerprint density at radius 3 is 2.63 bits per heavy atom. The molecule has 2 aromatic rings. The molecule has 0 fully saturated rings. The highest BCUT2D eigenvalue weighted by atomic mass is 35.6. The van der Waals surface area contributed by atoms with Crippen LogP contribution in [0.25, 0.3) is 11.8 Å². The van der Waals surface area contributed by atoms with Gasteiger partial charge in [-0.05, 0) is 48.7 Å². The summed E-state index contributed by atoms with van der Waals surface area (Å²) in [5, 5.41) is 0. The van der Waals surface area contributed by atoms with E-state index in [9.17, 15) is 0 Å². The normalized spacial score (nSPS) is 18.9. The standard InChI is InChI=1S/C22H20Cl3NO4/c1-3-28-20-16(27-2)5-4-13-8-15-14-10-18-17(29-11-30-18)9-12(14)6-7-26(15)21(19(13)20)22(23,24)25/h4-5,8-10,21H,3,6-7,11H2,1-2H3/t21-/m1/s1. The Kier molecular flexibility index (Phi) is 4.88. The molecule has 30 heavy (non-hydrogen) atoms. The second-order valence-electron chi connectivity index (χ2n) is 7.31. The first-order valence-electron chi connectivity index (χ1n) is 9.74. The highest BCUT2D eigenvalue weighted by Gasteiger charge is 2.46. The van der Waals surface area contributed by atoms with Gasteiger partial charge in [0.1, 0.15) is 6.04 Å². The van der Waals surface area contributed by atoms with Crippen molar-refractivity contribution in [3.05, 3.63) is 46.5 Å². The van der Waals surface area contributed by atoms with Gasteiger partial charge in [0.2, 0.25) is 10.6 Å². The molecule has 0 unspecified atom stereocenters. The third-order valence-electron chi connectivity index (χ3n) is 5.70. The summed E-state index contributed by atoms with van der Waals surface area (Å²) in [4.78, 5) is 2.14. The van der Waals surface area contributed by atoms with Crippen LogP contribution in [0.3, 0.4) is 0 Å². The van der Waals surface area contributed by atoms with Gasteiger partial charge >= 0.3 is 0 Å². The fourth-order valence-electron chi connectivity index (χ4n) is 4.47. The van der Waals surface area contributed by atoms with Crippen molar-refractivity contribution in [2.24, 2.45) is 0 Å². The lowest BCUT2D eigenvalue weighted by molar-refractivity contribution is 0.174. The molecule has 3 aliphatic heterocycles. The van der Waals surface area contributed by atoms with Crippen LogP contribution in [-0.2, 0) is 6.42 Å². The minimum absolute atomic E-state index is 0.234. The molecule has 0 radical (unpaired) electrons. The minimum Gasteiger partial charge on any atom is -0.493 e. The summed E-state index contributed by atoms with van der Waals surface area (Å²) in [6.07, 6.45) is 2.91. The monoisotopic (exact) mass is 467 g/mol. The van der Waals surface area contributed by atoms with E-state index in [4.69, 9.17) is 53.8 Å². The first-order chi connectivity index (χ1) is 14.4. The first-order valence-corrected chi connectivity index (χ1v) is 10.9. The Morgan fingerprint density at radius 2 is 1.93 bits per heavy atom. The van der Waals surface area contributed by atoms with Crippen LogP contribution < -0.4 is 18.9 Å². The van der Waals surface area contributed by atoms with Crippen LogP contribution in [0.15, 0.2) is 24.3 Å². The van der Waals surface area contributed by atoms with Crippen LogP contribution in [0.2, 0.25) is 0 Å². The minimum atomic E-state index is -1.58. The van der Waals surface area contributed by atoms with Gasteiger partial charge in [-0.25, -0.2) is 0 Å². The van der Waals surface area contributed by atoms with Crippen molar-refractivity contribution < 1.29 is 18.9 Å². The summed E-state index contributed by atoms with van der Waals surface area (Å²) >= 11 is 19.7. The van der Waals surface area contributed by atoms with Crippen molar-refractivity contribution in [3.8, 4) is 23.0 Å². The molecule has 2 aromatic carbocycles. The molecule has 0 amide bonds. The van der Waals surface area contributed by atoms with Crippen LogP contribution in [0.5, 0.6) is 23.0 Å². The molecule has 0 aromatic heterocycles. The van der Waals surface area contributed by atoms with Crippen LogP contribution in [0.4, 0.5) is 0 Å². The first kappa shape index (κ1) is 20.0. The molecule has 1 atom stereocenters. The van der Waals surface area contributed by atoms with Gasteiger partial charge in [0.25, 0.3) is 0 Å². The molecule has 0 saturated heterocycles.